The molecule has 0 unspecified atom stereocenters. The number of rotatable bonds is 7. The first-order valence-electron chi connectivity index (χ1n) is 7.65. The van der Waals surface area contributed by atoms with Crippen LogP contribution in [0.1, 0.15) is 74.1 Å². The first-order chi connectivity index (χ1) is 8.70. The summed E-state index contributed by atoms with van der Waals surface area (Å²) < 4.78 is 0. The molecule has 0 bridgehead atoms. The Morgan fingerprint density at radius 1 is 1.06 bits per heavy atom. The van der Waals surface area contributed by atoms with Gasteiger partial charge >= 0.3 is 0 Å². The van der Waals surface area contributed by atoms with Crippen LogP contribution in [0.2, 0.25) is 0 Å². The highest BCUT2D eigenvalue weighted by atomic mass is 14.0. The molecule has 0 nitrogen and oxygen atoms in total. The fourth-order valence-corrected chi connectivity index (χ4v) is 1.47. The predicted octanol–water partition coefficient (Wildman–Crippen LogP) is 6.94. The minimum atomic E-state index is 0.837. The minimum absolute atomic E-state index is 0.837. The van der Waals surface area contributed by atoms with Gasteiger partial charge in [-0.3, -0.25) is 0 Å². The summed E-state index contributed by atoms with van der Waals surface area (Å²) in [5, 5.41) is 0. The molecule has 0 aliphatic heterocycles. The third kappa shape index (κ3) is 20.6. The maximum Gasteiger partial charge on any atom is -0.0279 e. The van der Waals surface area contributed by atoms with E-state index in [0.29, 0.717) is 0 Å². The van der Waals surface area contributed by atoms with Crippen molar-refractivity contribution in [1.82, 2.24) is 0 Å². The van der Waals surface area contributed by atoms with Gasteiger partial charge in [-0.25, -0.2) is 0 Å². The Bertz CT molecular complexity index is 194. The highest BCUT2D eigenvalue weighted by Gasteiger charge is 1.95. The highest BCUT2D eigenvalue weighted by molar-refractivity contribution is 5.22. The Kier molecular flexibility index (Phi) is 26.8. The minimum Gasteiger partial charge on any atom is -0.0991 e. The normalized spacial score (nSPS) is 10.6. The monoisotopic (exact) mass is 252 g/mol. The molecule has 0 aromatic heterocycles. The molecule has 0 spiro atoms. The lowest BCUT2D eigenvalue weighted by atomic mass is 10.0. The van der Waals surface area contributed by atoms with E-state index >= 15 is 0 Å². The average Bonchev–Trinajstić information content (AvgIpc) is 2.39. The first kappa shape index (κ1) is 22.4. The zero-order valence-corrected chi connectivity index (χ0v) is 13.9. The number of unbranched alkanes of at least 4 members (excludes halogenated alkanes) is 1. The van der Waals surface area contributed by atoms with Crippen LogP contribution >= 0.6 is 0 Å². The van der Waals surface area contributed by atoms with Gasteiger partial charge in [-0.05, 0) is 31.3 Å². The van der Waals surface area contributed by atoms with Crippen LogP contribution in [0.4, 0.5) is 0 Å². The second kappa shape index (κ2) is 21.5. The third-order valence-corrected chi connectivity index (χ3v) is 2.21. The highest BCUT2D eigenvalue weighted by Crippen LogP contribution is 2.13. The smallest absolute Gasteiger partial charge is 0.0279 e. The third-order valence-electron chi connectivity index (χ3n) is 2.21. The largest absolute Gasteiger partial charge is 0.0991 e. The summed E-state index contributed by atoms with van der Waals surface area (Å²) in [6, 6.07) is 0. The molecule has 0 atom stereocenters. The number of hydrogen-bond acceptors (Lipinski definition) is 0. The van der Waals surface area contributed by atoms with Crippen LogP contribution in [-0.4, -0.2) is 0 Å². The Labute approximate surface area is 117 Å². The molecular weight excluding hydrogens is 216 g/mol. The molecule has 0 radical (unpaired) electrons. The van der Waals surface area contributed by atoms with Crippen molar-refractivity contribution in [2.24, 2.45) is 5.92 Å². The molecule has 18 heavy (non-hydrogen) atoms. The molecule has 0 aliphatic rings. The number of allylic oxidation sites excluding steroid dienone is 5. The molecule has 0 heterocycles. The molecule has 0 amide bonds. The van der Waals surface area contributed by atoms with E-state index in [2.05, 4.69) is 45.6 Å². The van der Waals surface area contributed by atoms with Gasteiger partial charge in [0.15, 0.2) is 0 Å². The van der Waals surface area contributed by atoms with Gasteiger partial charge < -0.3 is 0 Å². The summed E-state index contributed by atoms with van der Waals surface area (Å²) in [5.41, 5.74) is 1.39. The van der Waals surface area contributed by atoms with Gasteiger partial charge in [0, 0.05) is 0 Å². The van der Waals surface area contributed by atoms with Crippen molar-refractivity contribution in [3.63, 3.8) is 0 Å². The van der Waals surface area contributed by atoms with Crippen LogP contribution in [0.15, 0.2) is 36.5 Å². The van der Waals surface area contributed by atoms with Gasteiger partial charge in [0.25, 0.3) is 0 Å². The fourth-order valence-electron chi connectivity index (χ4n) is 1.47. The standard InChI is InChI=1S/C14H24.2C2H6/c1-5-9-14(10-6-2)12-8-7-11-13(3)4;2*1-2/h5-6,9-10,13H,1,7-8,11-12H2,2-4H3;2*1-2H3/b10-6-,14-9+;;. The predicted molar refractivity (Wildman–Crippen MR) is 89.1 cm³/mol. The molecule has 0 saturated heterocycles. The van der Waals surface area contributed by atoms with E-state index in [-0.39, 0.29) is 0 Å². The molecule has 0 aromatic carbocycles. The lowest BCUT2D eigenvalue weighted by Crippen LogP contribution is -1.87. The zero-order chi connectivity index (χ0) is 14.8. The van der Waals surface area contributed by atoms with Crippen molar-refractivity contribution in [3.05, 3.63) is 36.5 Å². The molecule has 0 rings (SSSR count). The summed E-state index contributed by atoms with van der Waals surface area (Å²) in [6.45, 7) is 18.4. The maximum atomic E-state index is 3.73. The Morgan fingerprint density at radius 3 is 2.00 bits per heavy atom. The van der Waals surface area contributed by atoms with E-state index < -0.39 is 0 Å². The van der Waals surface area contributed by atoms with Crippen LogP contribution < -0.4 is 0 Å². The van der Waals surface area contributed by atoms with Crippen molar-refractivity contribution in [3.8, 4) is 0 Å². The molecular formula is C18H36. The second-order valence-electron chi connectivity index (χ2n) is 4.12. The average molecular weight is 252 g/mol. The molecule has 0 N–H and O–H groups in total. The quantitative estimate of drug-likeness (QED) is 0.340. The van der Waals surface area contributed by atoms with E-state index in [1.807, 2.05) is 33.8 Å². The molecule has 0 fully saturated rings. The lowest BCUT2D eigenvalue weighted by molar-refractivity contribution is 0.538. The van der Waals surface area contributed by atoms with Crippen LogP contribution in [0.5, 0.6) is 0 Å². The summed E-state index contributed by atoms with van der Waals surface area (Å²) in [6.07, 6.45) is 13.4. The van der Waals surface area contributed by atoms with Crippen molar-refractivity contribution in [2.45, 2.75) is 74.1 Å². The van der Waals surface area contributed by atoms with Crippen molar-refractivity contribution < 1.29 is 0 Å². The Hall–Kier alpha value is -0.780. The van der Waals surface area contributed by atoms with Crippen molar-refractivity contribution >= 4 is 0 Å². The van der Waals surface area contributed by atoms with Gasteiger partial charge in [0.2, 0.25) is 0 Å². The van der Waals surface area contributed by atoms with Gasteiger partial charge in [0.1, 0.15) is 0 Å². The Balaban J connectivity index is -0.000000506. The van der Waals surface area contributed by atoms with Crippen molar-refractivity contribution in [1.29, 1.82) is 0 Å². The molecule has 108 valence electrons. The SMILES string of the molecule is C=C/C=C(\C=C/C)CCCCC(C)C.CC.CC. The summed E-state index contributed by atoms with van der Waals surface area (Å²) in [4.78, 5) is 0. The zero-order valence-electron chi connectivity index (χ0n) is 13.9. The van der Waals surface area contributed by atoms with Crippen LogP contribution in [0, 0.1) is 5.92 Å². The molecule has 0 saturated carbocycles. The lowest BCUT2D eigenvalue weighted by Gasteiger charge is -2.04. The fraction of sp³-hybridized carbons (Fsp3) is 0.667. The summed E-state index contributed by atoms with van der Waals surface area (Å²) >= 11 is 0. The molecule has 0 heteroatoms. The summed E-state index contributed by atoms with van der Waals surface area (Å²) in [7, 11) is 0. The maximum absolute atomic E-state index is 3.73. The van der Waals surface area contributed by atoms with E-state index in [0.717, 1.165) is 5.92 Å². The topological polar surface area (TPSA) is 0 Å². The van der Waals surface area contributed by atoms with E-state index in [1.54, 1.807) is 0 Å². The van der Waals surface area contributed by atoms with Gasteiger partial charge in [0.05, 0.1) is 0 Å². The number of hydrogen-bond donors (Lipinski definition) is 0. The van der Waals surface area contributed by atoms with Crippen LogP contribution in [0.25, 0.3) is 0 Å². The van der Waals surface area contributed by atoms with E-state index in [1.165, 1.54) is 31.3 Å². The first-order valence-corrected chi connectivity index (χ1v) is 7.65. The Morgan fingerprint density at radius 2 is 1.61 bits per heavy atom. The van der Waals surface area contributed by atoms with Gasteiger partial charge in [-0.1, -0.05) is 85.3 Å². The summed E-state index contributed by atoms with van der Waals surface area (Å²) in [5.74, 6) is 0.837. The molecule has 0 aliphatic carbocycles. The second-order valence-corrected chi connectivity index (χ2v) is 4.12. The van der Waals surface area contributed by atoms with E-state index in [4.69, 9.17) is 0 Å². The van der Waals surface area contributed by atoms with E-state index in [9.17, 15) is 0 Å². The van der Waals surface area contributed by atoms with Crippen LogP contribution in [-0.2, 0) is 0 Å². The molecule has 0 aromatic rings. The van der Waals surface area contributed by atoms with Gasteiger partial charge in [-0.15, -0.1) is 0 Å². The van der Waals surface area contributed by atoms with Gasteiger partial charge in [-0.2, -0.15) is 0 Å². The van der Waals surface area contributed by atoms with Crippen molar-refractivity contribution in [2.75, 3.05) is 0 Å². The van der Waals surface area contributed by atoms with Crippen LogP contribution in [0.3, 0.4) is 0 Å².